The first kappa shape index (κ1) is 20.0. The molecule has 1 fully saturated rings. The lowest BCUT2D eigenvalue weighted by atomic mass is 9.95. The molecule has 0 unspecified atom stereocenters. The molecule has 1 saturated heterocycles. The predicted octanol–water partition coefficient (Wildman–Crippen LogP) is 3.99. The van der Waals surface area contributed by atoms with Gasteiger partial charge in [0.05, 0.1) is 18.4 Å². The van der Waals surface area contributed by atoms with Crippen LogP contribution in [0.2, 0.25) is 0 Å². The third-order valence-corrected chi connectivity index (χ3v) is 5.02. The summed E-state index contributed by atoms with van der Waals surface area (Å²) in [5.41, 5.74) is -0.0541. The van der Waals surface area contributed by atoms with Crippen molar-refractivity contribution in [2.75, 3.05) is 37.0 Å². The molecule has 8 heteroatoms. The zero-order chi connectivity index (χ0) is 20.3. The maximum absolute atomic E-state index is 12.9. The number of alkyl halides is 3. The lowest BCUT2D eigenvalue weighted by Gasteiger charge is -2.34. The Hall–Kier alpha value is -2.77. The van der Waals surface area contributed by atoms with Crippen LogP contribution in [0.5, 0.6) is 5.75 Å². The number of amides is 1. The number of hydrogen-bond acceptors (Lipinski definition) is 4. The van der Waals surface area contributed by atoms with Gasteiger partial charge < -0.3 is 14.5 Å². The normalized spacial score (nSPS) is 15.4. The number of nitrogens with zero attached hydrogens (tertiary/aromatic N) is 3. The van der Waals surface area contributed by atoms with E-state index >= 15 is 0 Å². The number of pyridine rings is 1. The zero-order valence-electron chi connectivity index (χ0n) is 15.7. The molecule has 0 radical (unpaired) electrons. The fourth-order valence-electron chi connectivity index (χ4n) is 3.40. The Bertz CT molecular complexity index is 816. The van der Waals surface area contributed by atoms with Crippen LogP contribution in [0.4, 0.5) is 24.7 Å². The molecule has 0 bridgehead atoms. The SMILES string of the molecule is COc1ccccc1N(C)C(=O)C1CCN(c2ccc(C(F)(F)F)cn2)CC1. The Balaban J connectivity index is 1.62. The Morgan fingerprint density at radius 2 is 1.86 bits per heavy atom. The number of halogens is 3. The first-order chi connectivity index (χ1) is 13.3. The van der Waals surface area contributed by atoms with E-state index in [0.29, 0.717) is 43.2 Å². The lowest BCUT2D eigenvalue weighted by Crippen LogP contribution is -2.41. The van der Waals surface area contributed by atoms with Crippen molar-refractivity contribution in [3.8, 4) is 5.75 Å². The van der Waals surface area contributed by atoms with Crippen LogP contribution >= 0.6 is 0 Å². The lowest BCUT2D eigenvalue weighted by molar-refractivity contribution is -0.137. The van der Waals surface area contributed by atoms with E-state index in [1.165, 1.54) is 6.07 Å². The van der Waals surface area contributed by atoms with Gasteiger partial charge in [-0.2, -0.15) is 13.2 Å². The molecule has 1 amide bonds. The van der Waals surface area contributed by atoms with Crippen LogP contribution in [0.25, 0.3) is 0 Å². The Morgan fingerprint density at radius 3 is 2.43 bits per heavy atom. The van der Waals surface area contributed by atoms with Crippen molar-refractivity contribution in [1.29, 1.82) is 0 Å². The molecule has 3 rings (SSSR count). The number of aromatic nitrogens is 1. The number of carbonyl (C=O) groups is 1. The number of methoxy groups -OCH3 is 1. The van der Waals surface area contributed by atoms with Gasteiger partial charge in [0, 0.05) is 32.3 Å². The van der Waals surface area contributed by atoms with Gasteiger partial charge in [-0.1, -0.05) is 12.1 Å². The number of para-hydroxylation sites is 2. The smallest absolute Gasteiger partial charge is 0.417 e. The van der Waals surface area contributed by atoms with Crippen molar-refractivity contribution in [3.05, 3.63) is 48.2 Å². The predicted molar refractivity (Wildman–Crippen MR) is 101 cm³/mol. The Morgan fingerprint density at radius 1 is 1.18 bits per heavy atom. The van der Waals surface area contributed by atoms with E-state index in [-0.39, 0.29) is 11.8 Å². The molecule has 2 aromatic rings. The summed E-state index contributed by atoms with van der Waals surface area (Å²) in [6.07, 6.45) is -2.32. The average molecular weight is 393 g/mol. The molecule has 1 aliphatic rings. The molecule has 0 N–H and O–H groups in total. The molecule has 28 heavy (non-hydrogen) atoms. The summed E-state index contributed by atoms with van der Waals surface area (Å²) in [4.78, 5) is 20.3. The first-order valence-electron chi connectivity index (χ1n) is 9.00. The topological polar surface area (TPSA) is 45.7 Å². The molecule has 2 heterocycles. The van der Waals surface area contributed by atoms with Crippen LogP contribution in [0.15, 0.2) is 42.6 Å². The second kappa shape index (κ2) is 8.08. The third kappa shape index (κ3) is 4.21. The third-order valence-electron chi connectivity index (χ3n) is 5.02. The van der Waals surface area contributed by atoms with Crippen LogP contribution in [-0.4, -0.2) is 38.1 Å². The van der Waals surface area contributed by atoms with Crippen LogP contribution < -0.4 is 14.5 Å². The summed E-state index contributed by atoms with van der Waals surface area (Å²) in [5, 5.41) is 0. The molecular formula is C20H22F3N3O2. The van der Waals surface area contributed by atoms with Gasteiger partial charge in [0.2, 0.25) is 5.91 Å². The minimum absolute atomic E-state index is 0.00419. The Kier molecular flexibility index (Phi) is 5.76. The summed E-state index contributed by atoms with van der Waals surface area (Å²) in [7, 11) is 3.29. The van der Waals surface area contributed by atoms with Crippen molar-refractivity contribution in [2.24, 2.45) is 5.92 Å². The highest BCUT2D eigenvalue weighted by molar-refractivity contribution is 5.96. The van der Waals surface area contributed by atoms with Crippen molar-refractivity contribution < 1.29 is 22.7 Å². The van der Waals surface area contributed by atoms with Crippen molar-refractivity contribution in [3.63, 3.8) is 0 Å². The molecule has 0 spiro atoms. The number of anilines is 2. The monoisotopic (exact) mass is 393 g/mol. The van der Waals surface area contributed by atoms with Gasteiger partial charge in [-0.25, -0.2) is 4.98 Å². The summed E-state index contributed by atoms with van der Waals surface area (Å²) in [6, 6.07) is 9.74. The van der Waals surface area contributed by atoms with Crippen LogP contribution in [0, 0.1) is 5.92 Å². The summed E-state index contributed by atoms with van der Waals surface area (Å²) in [5.74, 6) is 0.979. The number of rotatable bonds is 4. The molecule has 0 saturated carbocycles. The van der Waals surface area contributed by atoms with Gasteiger partial charge in [-0.3, -0.25) is 4.79 Å². The number of hydrogen-bond donors (Lipinski definition) is 0. The van der Waals surface area contributed by atoms with Gasteiger partial charge in [-0.15, -0.1) is 0 Å². The van der Waals surface area contributed by atoms with E-state index in [1.807, 2.05) is 23.1 Å². The van der Waals surface area contributed by atoms with E-state index in [0.717, 1.165) is 12.3 Å². The molecule has 1 aromatic carbocycles. The van der Waals surface area contributed by atoms with Gasteiger partial charge in [-0.05, 0) is 37.1 Å². The van der Waals surface area contributed by atoms with Crippen molar-refractivity contribution in [2.45, 2.75) is 19.0 Å². The maximum atomic E-state index is 12.9. The first-order valence-corrected chi connectivity index (χ1v) is 9.00. The molecule has 1 aromatic heterocycles. The summed E-state index contributed by atoms with van der Waals surface area (Å²) >= 11 is 0. The molecule has 0 aliphatic carbocycles. The van der Waals surface area contributed by atoms with Crippen LogP contribution in [0.3, 0.4) is 0 Å². The van der Waals surface area contributed by atoms with Crippen molar-refractivity contribution >= 4 is 17.4 Å². The standard InChI is InChI=1S/C20H22F3N3O2/c1-25(16-5-3-4-6-17(16)28-2)19(27)14-9-11-26(12-10-14)18-8-7-15(13-24-18)20(21,22)23/h3-8,13-14H,9-12H2,1-2H3. The van der Waals surface area contributed by atoms with Crippen molar-refractivity contribution in [1.82, 2.24) is 4.98 Å². The quantitative estimate of drug-likeness (QED) is 0.788. The van der Waals surface area contributed by atoms with E-state index in [9.17, 15) is 18.0 Å². The summed E-state index contributed by atoms with van der Waals surface area (Å²) < 4.78 is 43.3. The largest absolute Gasteiger partial charge is 0.495 e. The second-order valence-corrected chi connectivity index (χ2v) is 6.73. The molecule has 1 aliphatic heterocycles. The fourth-order valence-corrected chi connectivity index (χ4v) is 3.40. The zero-order valence-corrected chi connectivity index (χ0v) is 15.7. The van der Waals surface area contributed by atoms with Crippen LogP contribution in [-0.2, 0) is 11.0 Å². The number of benzene rings is 1. The highest BCUT2D eigenvalue weighted by Gasteiger charge is 2.32. The molecule has 150 valence electrons. The highest BCUT2D eigenvalue weighted by atomic mass is 19.4. The minimum atomic E-state index is -4.39. The maximum Gasteiger partial charge on any atom is 0.417 e. The van der Waals surface area contributed by atoms with Gasteiger partial charge >= 0.3 is 6.18 Å². The fraction of sp³-hybridized carbons (Fsp3) is 0.400. The molecule has 0 atom stereocenters. The van der Waals surface area contributed by atoms with E-state index in [2.05, 4.69) is 4.98 Å². The number of carbonyl (C=O) groups excluding carboxylic acids is 1. The van der Waals surface area contributed by atoms with Gasteiger partial charge in [0.1, 0.15) is 11.6 Å². The van der Waals surface area contributed by atoms with E-state index in [4.69, 9.17) is 4.74 Å². The summed E-state index contributed by atoms with van der Waals surface area (Å²) in [6.45, 7) is 1.13. The number of piperidine rings is 1. The molecule has 5 nitrogen and oxygen atoms in total. The minimum Gasteiger partial charge on any atom is -0.495 e. The van der Waals surface area contributed by atoms with E-state index in [1.54, 1.807) is 25.1 Å². The average Bonchev–Trinajstić information content (AvgIpc) is 2.72. The molecular weight excluding hydrogens is 371 g/mol. The number of ether oxygens (including phenoxy) is 1. The van der Waals surface area contributed by atoms with Gasteiger partial charge in [0.15, 0.2) is 0 Å². The van der Waals surface area contributed by atoms with Gasteiger partial charge in [0.25, 0.3) is 0 Å². The van der Waals surface area contributed by atoms with E-state index < -0.39 is 11.7 Å². The Labute approximate surface area is 161 Å². The highest BCUT2D eigenvalue weighted by Crippen LogP contribution is 2.32. The van der Waals surface area contributed by atoms with Crippen LogP contribution in [0.1, 0.15) is 18.4 Å². The second-order valence-electron chi connectivity index (χ2n) is 6.73.